The fraction of sp³-hybridized carbons (Fsp3) is 0.400. The lowest BCUT2D eigenvalue weighted by atomic mass is 9.94. The molecule has 3 heteroatoms. The van der Waals surface area contributed by atoms with Crippen LogP contribution in [0.15, 0.2) is 24.3 Å². The summed E-state index contributed by atoms with van der Waals surface area (Å²) in [6.45, 7) is 5.62. The van der Waals surface area contributed by atoms with Gasteiger partial charge in [0.25, 0.3) is 0 Å². The molecule has 0 saturated carbocycles. The molecule has 0 fully saturated rings. The van der Waals surface area contributed by atoms with Gasteiger partial charge in [0.2, 0.25) is 5.91 Å². The number of amides is 1. The van der Waals surface area contributed by atoms with Gasteiger partial charge in [-0.3, -0.25) is 4.79 Å². The van der Waals surface area contributed by atoms with Crippen molar-refractivity contribution in [2.24, 2.45) is 5.73 Å². The van der Waals surface area contributed by atoms with Crippen LogP contribution < -0.4 is 11.1 Å². The molecule has 3 N–H and O–H groups in total. The summed E-state index contributed by atoms with van der Waals surface area (Å²) < 4.78 is 0. The predicted molar refractivity (Wildman–Crippen MR) is 74.0 cm³/mol. The second-order valence-corrected chi connectivity index (χ2v) is 5.18. The molecule has 0 radical (unpaired) electrons. The Morgan fingerprint density at radius 2 is 2.00 bits per heavy atom. The van der Waals surface area contributed by atoms with Gasteiger partial charge in [-0.15, -0.1) is 6.42 Å². The SMILES string of the molecule is C#Cc1ccc(CC(C)(C)NC(=O)[C@H](C)N)cc1. The molecule has 1 aromatic carbocycles. The number of hydrogen-bond acceptors (Lipinski definition) is 2. The maximum Gasteiger partial charge on any atom is 0.237 e. The number of rotatable bonds is 4. The number of carbonyl (C=O) groups excluding carboxylic acids is 1. The second kappa shape index (κ2) is 5.70. The number of carbonyl (C=O) groups is 1. The van der Waals surface area contributed by atoms with Gasteiger partial charge in [0, 0.05) is 11.1 Å². The summed E-state index contributed by atoms with van der Waals surface area (Å²) in [5, 5.41) is 2.93. The number of nitrogens with one attached hydrogen (secondary N) is 1. The van der Waals surface area contributed by atoms with E-state index in [4.69, 9.17) is 12.2 Å². The van der Waals surface area contributed by atoms with Gasteiger partial charge in [-0.05, 0) is 44.9 Å². The first-order valence-electron chi connectivity index (χ1n) is 5.97. The maximum atomic E-state index is 11.6. The minimum atomic E-state index is -0.493. The highest BCUT2D eigenvalue weighted by Gasteiger charge is 2.22. The highest BCUT2D eigenvalue weighted by Crippen LogP contribution is 2.13. The van der Waals surface area contributed by atoms with E-state index in [1.807, 2.05) is 38.1 Å². The Hall–Kier alpha value is -1.79. The van der Waals surface area contributed by atoms with Crippen LogP contribution >= 0.6 is 0 Å². The van der Waals surface area contributed by atoms with Crippen LogP contribution in [-0.2, 0) is 11.2 Å². The van der Waals surface area contributed by atoms with E-state index < -0.39 is 6.04 Å². The van der Waals surface area contributed by atoms with Gasteiger partial charge in [-0.25, -0.2) is 0 Å². The van der Waals surface area contributed by atoms with Crippen molar-refractivity contribution in [2.45, 2.75) is 38.8 Å². The van der Waals surface area contributed by atoms with E-state index in [-0.39, 0.29) is 11.4 Å². The van der Waals surface area contributed by atoms with Gasteiger partial charge in [-0.1, -0.05) is 18.1 Å². The molecule has 0 bridgehead atoms. The van der Waals surface area contributed by atoms with E-state index >= 15 is 0 Å². The smallest absolute Gasteiger partial charge is 0.237 e. The lowest BCUT2D eigenvalue weighted by Gasteiger charge is -2.27. The topological polar surface area (TPSA) is 55.1 Å². The first-order valence-corrected chi connectivity index (χ1v) is 5.97. The molecule has 18 heavy (non-hydrogen) atoms. The Balaban J connectivity index is 2.70. The molecule has 1 atom stereocenters. The van der Waals surface area contributed by atoms with Crippen LogP contribution in [0.5, 0.6) is 0 Å². The minimum Gasteiger partial charge on any atom is -0.350 e. The summed E-state index contributed by atoms with van der Waals surface area (Å²) in [6.07, 6.45) is 6.04. The third kappa shape index (κ3) is 4.23. The van der Waals surface area contributed by atoms with E-state index in [9.17, 15) is 4.79 Å². The van der Waals surface area contributed by atoms with E-state index in [2.05, 4.69) is 11.2 Å². The highest BCUT2D eigenvalue weighted by atomic mass is 16.2. The number of nitrogens with two attached hydrogens (primary N) is 1. The molecule has 1 amide bonds. The van der Waals surface area contributed by atoms with Crippen molar-refractivity contribution in [1.82, 2.24) is 5.32 Å². The molecule has 0 aliphatic carbocycles. The molecular formula is C15H20N2O. The van der Waals surface area contributed by atoms with Crippen LogP contribution in [0.4, 0.5) is 0 Å². The minimum absolute atomic E-state index is 0.139. The zero-order chi connectivity index (χ0) is 13.8. The molecule has 1 rings (SSSR count). The van der Waals surface area contributed by atoms with Crippen LogP contribution in [0.25, 0.3) is 0 Å². The Labute approximate surface area is 109 Å². The molecule has 1 aromatic rings. The summed E-state index contributed by atoms with van der Waals surface area (Å²) in [6, 6.07) is 7.27. The summed E-state index contributed by atoms with van der Waals surface area (Å²) in [5.74, 6) is 2.44. The molecule has 3 nitrogen and oxygen atoms in total. The first-order chi connectivity index (χ1) is 8.34. The fourth-order valence-electron chi connectivity index (χ4n) is 1.72. The van der Waals surface area contributed by atoms with Crippen LogP contribution in [0.2, 0.25) is 0 Å². The van der Waals surface area contributed by atoms with Crippen molar-refractivity contribution >= 4 is 5.91 Å². The van der Waals surface area contributed by atoms with Crippen molar-refractivity contribution < 1.29 is 4.79 Å². The van der Waals surface area contributed by atoms with E-state index in [1.165, 1.54) is 0 Å². The van der Waals surface area contributed by atoms with Crippen molar-refractivity contribution in [3.05, 3.63) is 35.4 Å². The van der Waals surface area contributed by atoms with Crippen molar-refractivity contribution in [3.63, 3.8) is 0 Å². The summed E-state index contributed by atoms with van der Waals surface area (Å²) in [7, 11) is 0. The summed E-state index contributed by atoms with van der Waals surface area (Å²) in [4.78, 5) is 11.6. The van der Waals surface area contributed by atoms with Crippen LogP contribution in [0.1, 0.15) is 31.9 Å². The van der Waals surface area contributed by atoms with Gasteiger partial charge >= 0.3 is 0 Å². The fourth-order valence-corrected chi connectivity index (χ4v) is 1.72. The first kappa shape index (κ1) is 14.3. The molecule has 0 aliphatic heterocycles. The molecule has 0 spiro atoms. The number of hydrogen-bond donors (Lipinski definition) is 2. The third-order valence-electron chi connectivity index (χ3n) is 2.64. The van der Waals surface area contributed by atoms with Crippen molar-refractivity contribution in [3.8, 4) is 12.3 Å². The molecule has 0 unspecified atom stereocenters. The Bertz CT molecular complexity index is 452. The maximum absolute atomic E-state index is 11.6. The van der Waals surface area contributed by atoms with Crippen molar-refractivity contribution in [1.29, 1.82) is 0 Å². The Morgan fingerprint density at radius 3 is 2.44 bits per heavy atom. The van der Waals surface area contributed by atoms with Gasteiger partial charge < -0.3 is 11.1 Å². The van der Waals surface area contributed by atoms with Gasteiger partial charge in [0.15, 0.2) is 0 Å². The normalized spacial score (nSPS) is 12.6. The van der Waals surface area contributed by atoms with Gasteiger partial charge in [0.05, 0.1) is 6.04 Å². The molecule has 0 aliphatic rings. The summed E-state index contributed by atoms with van der Waals surface area (Å²) >= 11 is 0. The lowest BCUT2D eigenvalue weighted by Crippen LogP contribution is -2.50. The van der Waals surface area contributed by atoms with Crippen LogP contribution in [0, 0.1) is 12.3 Å². The van der Waals surface area contributed by atoms with Gasteiger partial charge in [-0.2, -0.15) is 0 Å². The number of terminal acetylenes is 1. The lowest BCUT2D eigenvalue weighted by molar-refractivity contribution is -0.123. The molecule has 0 saturated heterocycles. The van der Waals surface area contributed by atoms with Crippen LogP contribution in [0.3, 0.4) is 0 Å². The largest absolute Gasteiger partial charge is 0.350 e. The zero-order valence-electron chi connectivity index (χ0n) is 11.2. The number of benzene rings is 1. The Kier molecular flexibility index (Phi) is 4.52. The van der Waals surface area contributed by atoms with Crippen LogP contribution in [-0.4, -0.2) is 17.5 Å². The summed E-state index contributed by atoms with van der Waals surface area (Å²) in [5.41, 5.74) is 7.20. The molecule has 0 heterocycles. The monoisotopic (exact) mass is 244 g/mol. The van der Waals surface area contributed by atoms with E-state index in [0.29, 0.717) is 0 Å². The average molecular weight is 244 g/mol. The molecular weight excluding hydrogens is 224 g/mol. The highest BCUT2D eigenvalue weighted by molar-refractivity contribution is 5.81. The molecule has 96 valence electrons. The van der Waals surface area contributed by atoms with Crippen molar-refractivity contribution in [2.75, 3.05) is 0 Å². The Morgan fingerprint density at radius 1 is 1.44 bits per heavy atom. The second-order valence-electron chi connectivity index (χ2n) is 5.18. The third-order valence-corrected chi connectivity index (χ3v) is 2.64. The standard InChI is InChI=1S/C15H20N2O/c1-5-12-6-8-13(9-7-12)10-15(3,4)17-14(18)11(2)16/h1,6-9,11H,10,16H2,2-4H3,(H,17,18)/t11-/m0/s1. The zero-order valence-corrected chi connectivity index (χ0v) is 11.2. The van der Waals surface area contributed by atoms with E-state index in [0.717, 1.165) is 17.5 Å². The van der Waals surface area contributed by atoms with E-state index in [1.54, 1.807) is 6.92 Å². The predicted octanol–water partition coefficient (Wildman–Crippen LogP) is 1.45. The average Bonchev–Trinajstić information content (AvgIpc) is 2.28. The molecule has 0 aromatic heterocycles. The quantitative estimate of drug-likeness (QED) is 0.788. The van der Waals surface area contributed by atoms with Gasteiger partial charge in [0.1, 0.15) is 0 Å².